The molecule has 2 fully saturated rings. The summed E-state index contributed by atoms with van der Waals surface area (Å²) in [7, 11) is 1.61. The number of hydrogen-bond donors (Lipinski definition) is 2. The fraction of sp³-hybridized carbons (Fsp3) is 0.360. The number of likely N-dealkylation sites (tertiary alicyclic amines) is 1. The van der Waals surface area contributed by atoms with Crippen molar-refractivity contribution in [3.8, 4) is 22.8 Å². The number of aliphatic hydroxyl groups is 1. The van der Waals surface area contributed by atoms with E-state index in [1.54, 1.807) is 13.4 Å². The highest BCUT2D eigenvalue weighted by Crippen LogP contribution is 2.40. The number of amides is 1. The SMILES string of the molecule is COc1ccccc1O[C@@H]1C[C@@H]2CN(C(=O)c3[nH]cnc3-c3ccccc3)C[C@@H]2C[C@H]1O. The average molecular weight is 434 g/mol. The third-order valence-corrected chi connectivity index (χ3v) is 6.62. The molecule has 1 aromatic heterocycles. The molecular weight excluding hydrogens is 406 g/mol. The standard InChI is InChI=1S/C25H27N3O4/c1-31-20-9-5-6-10-21(20)32-22-12-18-14-28(13-17(18)11-19(22)29)25(30)24-23(26-15-27-24)16-7-3-2-4-8-16/h2-10,15,17-19,22,29H,11-14H2,1H3,(H,26,27)/t17-,18+,19+,22+/m0/s1. The van der Waals surface area contributed by atoms with Crippen LogP contribution in [0.1, 0.15) is 23.3 Å². The molecule has 166 valence electrons. The van der Waals surface area contributed by atoms with Crippen molar-refractivity contribution in [3.63, 3.8) is 0 Å². The van der Waals surface area contributed by atoms with E-state index in [9.17, 15) is 9.90 Å². The smallest absolute Gasteiger partial charge is 0.272 e. The maximum absolute atomic E-state index is 13.3. The van der Waals surface area contributed by atoms with Crippen molar-refractivity contribution in [1.29, 1.82) is 0 Å². The number of nitrogens with zero attached hydrogens (tertiary/aromatic N) is 2. The molecule has 1 saturated heterocycles. The van der Waals surface area contributed by atoms with Crippen molar-refractivity contribution in [2.75, 3.05) is 20.2 Å². The first-order chi connectivity index (χ1) is 15.6. The van der Waals surface area contributed by atoms with Gasteiger partial charge in [-0.1, -0.05) is 42.5 Å². The van der Waals surface area contributed by atoms with Crippen molar-refractivity contribution < 1.29 is 19.4 Å². The normalized spacial score (nSPS) is 24.8. The maximum Gasteiger partial charge on any atom is 0.272 e. The van der Waals surface area contributed by atoms with Gasteiger partial charge in [-0.25, -0.2) is 4.98 Å². The van der Waals surface area contributed by atoms with Gasteiger partial charge in [0.15, 0.2) is 11.5 Å². The number of benzene rings is 2. The molecule has 2 heterocycles. The molecule has 4 atom stereocenters. The quantitative estimate of drug-likeness (QED) is 0.644. The van der Waals surface area contributed by atoms with Gasteiger partial charge >= 0.3 is 0 Å². The molecule has 3 aromatic rings. The van der Waals surface area contributed by atoms with Crippen LogP contribution in [-0.4, -0.2) is 58.3 Å². The van der Waals surface area contributed by atoms with E-state index in [4.69, 9.17) is 9.47 Å². The number of ether oxygens (including phenoxy) is 2. The Labute approximate surface area is 187 Å². The summed E-state index contributed by atoms with van der Waals surface area (Å²) in [6.45, 7) is 1.28. The van der Waals surface area contributed by atoms with Crippen molar-refractivity contribution >= 4 is 5.91 Å². The zero-order valence-corrected chi connectivity index (χ0v) is 18.0. The van der Waals surface area contributed by atoms with Gasteiger partial charge in [0.1, 0.15) is 17.5 Å². The number of carbonyl (C=O) groups excluding carboxylic acids is 1. The molecule has 2 aliphatic rings. The van der Waals surface area contributed by atoms with Crippen LogP contribution in [-0.2, 0) is 0 Å². The molecule has 1 aliphatic heterocycles. The number of methoxy groups -OCH3 is 1. The lowest BCUT2D eigenvalue weighted by Gasteiger charge is -2.35. The minimum absolute atomic E-state index is 0.0487. The number of carbonyl (C=O) groups is 1. The highest BCUT2D eigenvalue weighted by molar-refractivity contribution is 5.98. The van der Waals surface area contributed by atoms with E-state index in [2.05, 4.69) is 9.97 Å². The van der Waals surface area contributed by atoms with E-state index in [1.165, 1.54) is 0 Å². The van der Waals surface area contributed by atoms with Crippen molar-refractivity contribution in [3.05, 3.63) is 66.6 Å². The Bertz CT molecular complexity index is 1080. The molecule has 0 radical (unpaired) electrons. The average Bonchev–Trinajstić information content (AvgIpc) is 3.47. The van der Waals surface area contributed by atoms with Crippen LogP contribution < -0.4 is 9.47 Å². The third-order valence-electron chi connectivity index (χ3n) is 6.62. The highest BCUT2D eigenvalue weighted by Gasteiger charge is 2.44. The molecule has 0 spiro atoms. The number of imidazole rings is 1. The van der Waals surface area contributed by atoms with E-state index >= 15 is 0 Å². The lowest BCUT2D eigenvalue weighted by atomic mass is 9.78. The van der Waals surface area contributed by atoms with E-state index in [0.717, 1.165) is 5.56 Å². The lowest BCUT2D eigenvalue weighted by Crippen LogP contribution is -2.42. The Balaban J connectivity index is 1.29. The van der Waals surface area contributed by atoms with Crippen LogP contribution in [0.5, 0.6) is 11.5 Å². The number of H-pyrrole nitrogens is 1. The van der Waals surface area contributed by atoms with Gasteiger partial charge < -0.3 is 24.5 Å². The summed E-state index contributed by atoms with van der Waals surface area (Å²) in [5, 5.41) is 10.8. The van der Waals surface area contributed by atoms with Crippen LogP contribution in [0.4, 0.5) is 0 Å². The van der Waals surface area contributed by atoms with E-state index in [1.807, 2.05) is 59.5 Å². The minimum atomic E-state index is -0.580. The van der Waals surface area contributed by atoms with Gasteiger partial charge in [-0.3, -0.25) is 4.79 Å². The second-order valence-electron chi connectivity index (χ2n) is 8.57. The number of hydrogen-bond acceptors (Lipinski definition) is 5. The number of fused-ring (bicyclic) bond motifs is 1. The number of aromatic amines is 1. The number of aromatic nitrogens is 2. The van der Waals surface area contributed by atoms with E-state index in [0.29, 0.717) is 48.8 Å². The third kappa shape index (κ3) is 3.84. The fourth-order valence-electron chi connectivity index (χ4n) is 4.99. The lowest BCUT2D eigenvalue weighted by molar-refractivity contribution is -0.0240. The number of para-hydroxylation sites is 2. The predicted molar refractivity (Wildman–Crippen MR) is 120 cm³/mol. The first kappa shape index (κ1) is 20.6. The van der Waals surface area contributed by atoms with Crippen LogP contribution in [0.25, 0.3) is 11.3 Å². The van der Waals surface area contributed by atoms with Gasteiger partial charge in [0.2, 0.25) is 0 Å². The monoisotopic (exact) mass is 433 g/mol. The van der Waals surface area contributed by atoms with E-state index in [-0.39, 0.29) is 23.8 Å². The number of rotatable bonds is 5. The topological polar surface area (TPSA) is 87.7 Å². The zero-order chi connectivity index (χ0) is 22.1. The minimum Gasteiger partial charge on any atom is -0.493 e. The molecular formula is C25H27N3O4. The molecule has 1 saturated carbocycles. The first-order valence-electron chi connectivity index (χ1n) is 11.0. The predicted octanol–water partition coefficient (Wildman–Crippen LogP) is 3.38. The second-order valence-corrected chi connectivity index (χ2v) is 8.57. The summed E-state index contributed by atoms with van der Waals surface area (Å²) in [5.41, 5.74) is 2.09. The summed E-state index contributed by atoms with van der Waals surface area (Å²) >= 11 is 0. The molecule has 1 amide bonds. The van der Waals surface area contributed by atoms with E-state index < -0.39 is 6.10 Å². The Morgan fingerprint density at radius 3 is 2.47 bits per heavy atom. The Morgan fingerprint density at radius 2 is 1.72 bits per heavy atom. The Hall–Kier alpha value is -3.32. The number of aliphatic hydroxyl groups excluding tert-OH is 1. The molecule has 2 N–H and O–H groups in total. The molecule has 2 aromatic carbocycles. The van der Waals surface area contributed by atoms with Crippen LogP contribution >= 0.6 is 0 Å². The number of nitrogens with one attached hydrogen (secondary N) is 1. The van der Waals surface area contributed by atoms with Gasteiger partial charge in [-0.05, 0) is 36.8 Å². The van der Waals surface area contributed by atoms with Crippen LogP contribution in [0.3, 0.4) is 0 Å². The van der Waals surface area contributed by atoms with Gasteiger partial charge in [0, 0.05) is 18.7 Å². The summed E-state index contributed by atoms with van der Waals surface area (Å²) in [4.78, 5) is 22.6. The Morgan fingerprint density at radius 1 is 1.03 bits per heavy atom. The largest absolute Gasteiger partial charge is 0.493 e. The highest BCUT2D eigenvalue weighted by atomic mass is 16.5. The van der Waals surface area contributed by atoms with Crippen LogP contribution in [0.15, 0.2) is 60.9 Å². The molecule has 5 rings (SSSR count). The van der Waals surface area contributed by atoms with Gasteiger partial charge in [-0.15, -0.1) is 0 Å². The summed E-state index contributed by atoms with van der Waals surface area (Å²) in [5.74, 6) is 1.78. The summed E-state index contributed by atoms with van der Waals surface area (Å²) in [6.07, 6.45) is 1.97. The molecule has 1 aliphatic carbocycles. The van der Waals surface area contributed by atoms with Crippen molar-refractivity contribution in [1.82, 2.24) is 14.9 Å². The van der Waals surface area contributed by atoms with Crippen LogP contribution in [0.2, 0.25) is 0 Å². The van der Waals surface area contributed by atoms with Gasteiger partial charge in [0.05, 0.1) is 19.5 Å². The molecule has 32 heavy (non-hydrogen) atoms. The molecule has 7 nitrogen and oxygen atoms in total. The van der Waals surface area contributed by atoms with Crippen molar-refractivity contribution in [2.24, 2.45) is 11.8 Å². The summed E-state index contributed by atoms with van der Waals surface area (Å²) < 4.78 is 11.5. The zero-order valence-electron chi connectivity index (χ0n) is 18.0. The van der Waals surface area contributed by atoms with Crippen LogP contribution in [0, 0.1) is 11.8 Å². The molecule has 0 unspecified atom stereocenters. The van der Waals surface area contributed by atoms with Crippen molar-refractivity contribution in [2.45, 2.75) is 25.0 Å². The molecule has 0 bridgehead atoms. The molecule has 7 heteroatoms. The second kappa shape index (κ2) is 8.67. The van der Waals surface area contributed by atoms with Gasteiger partial charge in [0.25, 0.3) is 5.91 Å². The first-order valence-corrected chi connectivity index (χ1v) is 11.0. The van der Waals surface area contributed by atoms with Gasteiger partial charge in [-0.2, -0.15) is 0 Å². The Kier molecular flexibility index (Phi) is 5.57. The fourth-order valence-corrected chi connectivity index (χ4v) is 4.99. The summed E-state index contributed by atoms with van der Waals surface area (Å²) in [6, 6.07) is 17.2. The maximum atomic E-state index is 13.3.